The summed E-state index contributed by atoms with van der Waals surface area (Å²) >= 11 is 0. The first-order valence-electron chi connectivity index (χ1n) is 15.1. The van der Waals surface area contributed by atoms with E-state index in [0.29, 0.717) is 42.8 Å². The molecule has 1 atom stereocenters. The number of hydrogen-bond donors (Lipinski definition) is 1. The number of nitrogens with one attached hydrogen (secondary N) is 1. The highest BCUT2D eigenvalue weighted by atomic mass is 16.7. The number of anilines is 1. The number of aromatic nitrogens is 5. The molecule has 45 heavy (non-hydrogen) atoms. The third-order valence-electron chi connectivity index (χ3n) is 8.06. The Labute approximate surface area is 262 Å². The number of ether oxygens (including phenoxy) is 4. The lowest BCUT2D eigenvalue weighted by Gasteiger charge is -2.34. The number of hydrogen-bond acceptors (Lipinski definition) is 10. The van der Waals surface area contributed by atoms with Crippen LogP contribution in [0.1, 0.15) is 57.0 Å². The highest BCUT2D eigenvalue weighted by molar-refractivity contribution is 5.86. The van der Waals surface area contributed by atoms with Gasteiger partial charge in [-0.05, 0) is 57.9 Å². The molecular formula is C33H39N7O5. The quantitative estimate of drug-likeness (QED) is 0.265. The number of carbonyl (C=O) groups excluding carboxylic acids is 1. The lowest BCUT2D eigenvalue weighted by Crippen LogP contribution is -2.39. The Bertz CT molecular complexity index is 1750. The van der Waals surface area contributed by atoms with Crippen LogP contribution in [-0.2, 0) is 15.9 Å². The van der Waals surface area contributed by atoms with Crippen LogP contribution in [0.25, 0.3) is 27.9 Å². The van der Waals surface area contributed by atoms with Crippen molar-refractivity contribution in [2.75, 3.05) is 45.5 Å². The third-order valence-corrected chi connectivity index (χ3v) is 8.06. The van der Waals surface area contributed by atoms with Gasteiger partial charge in [-0.3, -0.25) is 0 Å². The Kier molecular flexibility index (Phi) is 8.32. The summed E-state index contributed by atoms with van der Waals surface area (Å²) in [4.78, 5) is 29.6. The zero-order chi connectivity index (χ0) is 31.7. The Morgan fingerprint density at radius 3 is 2.64 bits per heavy atom. The van der Waals surface area contributed by atoms with Crippen molar-refractivity contribution in [2.24, 2.45) is 0 Å². The van der Waals surface area contributed by atoms with E-state index in [0.717, 1.165) is 52.0 Å². The van der Waals surface area contributed by atoms with Crippen molar-refractivity contribution in [3.8, 4) is 22.9 Å². The molecule has 1 aromatic carbocycles. The molecule has 2 aliphatic rings. The summed E-state index contributed by atoms with van der Waals surface area (Å²) in [5.74, 6) is 1.78. The number of carbonyl (C=O) groups is 1. The summed E-state index contributed by atoms with van der Waals surface area (Å²) < 4.78 is 22.2. The molecule has 0 bridgehead atoms. The standard InChI is InChI=1S/C33H39N7O5/c1-20-28-23-17-26(22-9-7-8-10-27(22)44-19-42-5)37-38-29(23)35-25(28)13-16-40(20)31-34-18-24(30(36-31)43-6)21-11-14-39(15-12-21)32(41)45-33(2,3)4/h7-11,17-18,20H,12-16,19H2,1-6H3,(H,35,38)/t20-/m1/s1. The average Bonchev–Trinajstić information content (AvgIpc) is 3.42. The number of benzene rings is 1. The van der Waals surface area contributed by atoms with E-state index in [4.69, 9.17) is 28.9 Å². The minimum Gasteiger partial charge on any atom is -0.480 e. The Morgan fingerprint density at radius 2 is 1.91 bits per heavy atom. The number of nitrogens with zero attached hydrogens (tertiary/aromatic N) is 6. The van der Waals surface area contributed by atoms with Crippen LogP contribution in [0.3, 0.4) is 0 Å². The predicted octanol–water partition coefficient (Wildman–Crippen LogP) is 5.55. The van der Waals surface area contributed by atoms with Crippen LogP contribution in [-0.4, -0.2) is 82.4 Å². The van der Waals surface area contributed by atoms with Crippen molar-refractivity contribution in [3.05, 3.63) is 59.4 Å². The zero-order valence-corrected chi connectivity index (χ0v) is 26.6. The molecule has 1 amide bonds. The highest BCUT2D eigenvalue weighted by Crippen LogP contribution is 2.39. The second kappa shape index (κ2) is 12.4. The molecular weight excluding hydrogens is 574 g/mol. The SMILES string of the molecule is COCOc1ccccc1-c1cc2c3c([nH]c2nn1)CCN(c1ncc(C2=CCN(C(=O)OC(C)(C)C)CC2)c(OC)n1)[C@@H]3C. The van der Waals surface area contributed by atoms with Crippen LogP contribution in [0.2, 0.25) is 0 Å². The fraction of sp³-hybridized carbons (Fsp3) is 0.424. The van der Waals surface area contributed by atoms with Gasteiger partial charge in [-0.15, -0.1) is 10.2 Å². The molecule has 0 fully saturated rings. The van der Waals surface area contributed by atoms with Crippen LogP contribution < -0.4 is 14.4 Å². The summed E-state index contributed by atoms with van der Waals surface area (Å²) in [6, 6.07) is 9.76. The highest BCUT2D eigenvalue weighted by Gasteiger charge is 2.31. The van der Waals surface area contributed by atoms with Crippen molar-refractivity contribution in [3.63, 3.8) is 0 Å². The second-order valence-corrected chi connectivity index (χ2v) is 12.2. The minimum absolute atomic E-state index is 0.0358. The Hall–Kier alpha value is -4.71. The fourth-order valence-corrected chi connectivity index (χ4v) is 5.93. The van der Waals surface area contributed by atoms with E-state index in [1.165, 1.54) is 0 Å². The van der Waals surface area contributed by atoms with Crippen molar-refractivity contribution in [2.45, 2.75) is 52.2 Å². The van der Waals surface area contributed by atoms with Gasteiger partial charge >= 0.3 is 6.09 Å². The van der Waals surface area contributed by atoms with Gasteiger partial charge in [0.25, 0.3) is 0 Å². The molecule has 0 spiro atoms. The van der Waals surface area contributed by atoms with Crippen molar-refractivity contribution >= 4 is 28.6 Å². The van der Waals surface area contributed by atoms with Gasteiger partial charge in [0.1, 0.15) is 11.4 Å². The summed E-state index contributed by atoms with van der Waals surface area (Å²) in [6.45, 7) is 9.63. The molecule has 0 saturated carbocycles. The topological polar surface area (TPSA) is 128 Å². The second-order valence-electron chi connectivity index (χ2n) is 12.2. The van der Waals surface area contributed by atoms with Crippen molar-refractivity contribution in [1.82, 2.24) is 30.0 Å². The van der Waals surface area contributed by atoms with Gasteiger partial charge in [0.05, 0.1) is 24.4 Å². The molecule has 1 N–H and O–H groups in total. The monoisotopic (exact) mass is 613 g/mol. The van der Waals surface area contributed by atoms with Crippen LogP contribution in [0.15, 0.2) is 42.6 Å². The number of H-pyrrole nitrogens is 1. The zero-order valence-electron chi connectivity index (χ0n) is 26.6. The van der Waals surface area contributed by atoms with Crippen molar-refractivity contribution < 1.29 is 23.7 Å². The first-order chi connectivity index (χ1) is 21.7. The fourth-order valence-electron chi connectivity index (χ4n) is 5.93. The van der Waals surface area contributed by atoms with Crippen LogP contribution in [0.4, 0.5) is 10.7 Å². The molecule has 2 aliphatic heterocycles. The molecule has 12 nitrogen and oxygen atoms in total. The van der Waals surface area contributed by atoms with E-state index in [1.54, 1.807) is 19.1 Å². The van der Waals surface area contributed by atoms with Crippen LogP contribution in [0.5, 0.6) is 11.6 Å². The molecule has 0 saturated heterocycles. The maximum atomic E-state index is 12.5. The van der Waals surface area contributed by atoms with Gasteiger partial charge in [-0.1, -0.05) is 18.2 Å². The molecule has 0 radical (unpaired) electrons. The molecule has 5 heterocycles. The number of fused-ring (bicyclic) bond motifs is 3. The lowest BCUT2D eigenvalue weighted by atomic mass is 9.97. The van der Waals surface area contributed by atoms with Gasteiger partial charge in [0.15, 0.2) is 12.4 Å². The average molecular weight is 614 g/mol. The largest absolute Gasteiger partial charge is 0.480 e. The molecule has 0 aliphatic carbocycles. The smallest absolute Gasteiger partial charge is 0.410 e. The van der Waals surface area contributed by atoms with E-state index >= 15 is 0 Å². The molecule has 3 aromatic heterocycles. The van der Waals surface area contributed by atoms with Crippen LogP contribution >= 0.6 is 0 Å². The van der Waals surface area contributed by atoms with E-state index in [1.807, 2.05) is 57.3 Å². The van der Waals surface area contributed by atoms with Crippen molar-refractivity contribution in [1.29, 1.82) is 0 Å². The van der Waals surface area contributed by atoms with E-state index in [2.05, 4.69) is 33.1 Å². The number of methoxy groups -OCH3 is 2. The van der Waals surface area contributed by atoms with Crippen LogP contribution in [0, 0.1) is 0 Å². The summed E-state index contributed by atoms with van der Waals surface area (Å²) in [5, 5.41) is 10.0. The first kappa shape index (κ1) is 30.3. The Morgan fingerprint density at radius 1 is 1.09 bits per heavy atom. The normalized spacial score (nSPS) is 16.8. The number of amides is 1. The van der Waals surface area contributed by atoms with Gasteiger partial charge in [-0.25, -0.2) is 9.78 Å². The number of aromatic amines is 1. The summed E-state index contributed by atoms with van der Waals surface area (Å²) in [7, 11) is 3.22. The lowest BCUT2D eigenvalue weighted by molar-refractivity contribution is 0.0270. The molecule has 6 rings (SSSR count). The summed E-state index contributed by atoms with van der Waals surface area (Å²) in [5.41, 5.74) is 5.92. The van der Waals surface area contributed by atoms with E-state index < -0.39 is 5.60 Å². The molecule has 0 unspecified atom stereocenters. The molecule has 236 valence electrons. The van der Waals surface area contributed by atoms with Gasteiger partial charge in [0.2, 0.25) is 11.8 Å². The number of rotatable bonds is 7. The van der Waals surface area contributed by atoms with Gasteiger partial charge in [0, 0.05) is 61.6 Å². The molecule has 12 heteroatoms. The minimum atomic E-state index is -0.535. The molecule has 4 aromatic rings. The number of para-hydroxylation sites is 1. The third kappa shape index (κ3) is 6.15. The predicted molar refractivity (Wildman–Crippen MR) is 170 cm³/mol. The maximum absolute atomic E-state index is 12.5. The summed E-state index contributed by atoms with van der Waals surface area (Å²) in [6.07, 6.45) is 4.97. The van der Waals surface area contributed by atoms with E-state index in [9.17, 15) is 4.79 Å². The first-order valence-corrected chi connectivity index (χ1v) is 15.1. The Balaban J connectivity index is 1.26. The van der Waals surface area contributed by atoms with Gasteiger partial charge in [-0.2, -0.15) is 4.98 Å². The van der Waals surface area contributed by atoms with Gasteiger partial charge < -0.3 is 33.7 Å². The van der Waals surface area contributed by atoms with E-state index in [-0.39, 0.29) is 18.9 Å². The maximum Gasteiger partial charge on any atom is 0.410 e.